The molecule has 3 unspecified atom stereocenters. The monoisotopic (exact) mass is 604 g/mol. The predicted molar refractivity (Wildman–Crippen MR) is 179 cm³/mol. The van der Waals surface area contributed by atoms with Crippen LogP contribution in [-0.4, -0.2) is 43.1 Å². The van der Waals surface area contributed by atoms with Crippen molar-refractivity contribution in [2.75, 3.05) is 11.4 Å². The second kappa shape index (κ2) is 10.9. The van der Waals surface area contributed by atoms with Gasteiger partial charge in [-0.1, -0.05) is 45.0 Å². The molecule has 2 aliphatic rings. The molecule has 234 valence electrons. The summed E-state index contributed by atoms with van der Waals surface area (Å²) in [7, 11) is 0. The number of nitrogens with one attached hydrogen (secondary N) is 2. The number of ether oxygens (including phenoxy) is 1. The molecule has 0 radical (unpaired) electrons. The molecule has 5 aromatic rings. The zero-order chi connectivity index (χ0) is 31.5. The molecule has 45 heavy (non-hydrogen) atoms. The molecule has 0 saturated carbocycles. The Bertz CT molecular complexity index is 1840. The number of rotatable bonds is 4. The minimum atomic E-state index is -0.533. The van der Waals surface area contributed by atoms with Gasteiger partial charge in [-0.2, -0.15) is 0 Å². The Morgan fingerprint density at radius 2 is 1.49 bits per heavy atom. The lowest BCUT2D eigenvalue weighted by Gasteiger charge is -2.34. The van der Waals surface area contributed by atoms with Gasteiger partial charge < -0.3 is 19.6 Å². The van der Waals surface area contributed by atoms with Crippen molar-refractivity contribution in [1.29, 1.82) is 0 Å². The third-order valence-corrected chi connectivity index (χ3v) is 9.35. The molecule has 2 fully saturated rings. The van der Waals surface area contributed by atoms with Crippen LogP contribution in [0, 0.1) is 0 Å². The molecule has 2 aliphatic heterocycles. The maximum absolute atomic E-state index is 13.0. The first kappa shape index (κ1) is 29.4. The number of benzene rings is 3. The van der Waals surface area contributed by atoms with Crippen LogP contribution in [-0.2, 0) is 10.2 Å². The van der Waals surface area contributed by atoms with Crippen LogP contribution in [0.25, 0.3) is 22.1 Å². The van der Waals surface area contributed by atoms with Gasteiger partial charge in [0.05, 0.1) is 46.5 Å². The number of likely N-dealkylation sites (tertiary alicyclic amines) is 1. The number of fused-ring (bicyclic) bond motifs is 2. The highest BCUT2D eigenvalue weighted by atomic mass is 16.6. The first-order valence-electron chi connectivity index (χ1n) is 16.3. The average Bonchev–Trinajstić information content (AvgIpc) is 3.80. The summed E-state index contributed by atoms with van der Waals surface area (Å²) in [4.78, 5) is 33.7. The molecule has 0 spiro atoms. The normalized spacial score (nSPS) is 20.9. The second-order valence-corrected chi connectivity index (χ2v) is 14.7. The number of anilines is 1. The fraction of sp³-hybridized carbons (Fsp3) is 0.432. The van der Waals surface area contributed by atoms with Crippen molar-refractivity contribution in [3.8, 4) is 0 Å². The Kier molecular flexibility index (Phi) is 7.14. The zero-order valence-electron chi connectivity index (χ0n) is 27.2. The smallest absolute Gasteiger partial charge is 0.410 e. The van der Waals surface area contributed by atoms with E-state index in [0.29, 0.717) is 6.54 Å². The van der Waals surface area contributed by atoms with Crippen molar-refractivity contribution in [1.82, 2.24) is 24.8 Å². The Morgan fingerprint density at radius 1 is 0.822 bits per heavy atom. The van der Waals surface area contributed by atoms with E-state index in [1.165, 1.54) is 22.4 Å². The number of aromatic nitrogens is 4. The van der Waals surface area contributed by atoms with Crippen molar-refractivity contribution < 1.29 is 9.53 Å². The van der Waals surface area contributed by atoms with E-state index in [1.807, 2.05) is 25.7 Å². The maximum Gasteiger partial charge on any atom is 0.410 e. The van der Waals surface area contributed by atoms with E-state index in [-0.39, 0.29) is 29.6 Å². The first-order valence-corrected chi connectivity index (χ1v) is 16.3. The van der Waals surface area contributed by atoms with Crippen LogP contribution >= 0.6 is 0 Å². The van der Waals surface area contributed by atoms with Crippen molar-refractivity contribution in [2.45, 2.75) is 96.4 Å². The van der Waals surface area contributed by atoms with Crippen LogP contribution in [0.5, 0.6) is 0 Å². The number of H-pyrrole nitrogens is 2. The predicted octanol–water partition coefficient (Wildman–Crippen LogP) is 8.89. The summed E-state index contributed by atoms with van der Waals surface area (Å²) in [5.74, 6) is 0.831. The molecule has 8 nitrogen and oxygen atoms in total. The third kappa shape index (κ3) is 5.67. The van der Waals surface area contributed by atoms with Crippen LogP contribution in [0.15, 0.2) is 67.0 Å². The largest absolute Gasteiger partial charge is 0.444 e. The lowest BCUT2D eigenvalue weighted by molar-refractivity contribution is 0.0219. The van der Waals surface area contributed by atoms with Gasteiger partial charge in [0.25, 0.3) is 0 Å². The quantitative estimate of drug-likeness (QED) is 0.214. The highest BCUT2D eigenvalue weighted by Crippen LogP contribution is 2.48. The Morgan fingerprint density at radius 3 is 2.16 bits per heavy atom. The van der Waals surface area contributed by atoms with Crippen molar-refractivity contribution in [3.63, 3.8) is 0 Å². The Labute approximate surface area is 265 Å². The summed E-state index contributed by atoms with van der Waals surface area (Å²) in [6, 6.07) is 22.7. The highest BCUT2D eigenvalue weighted by Gasteiger charge is 2.37. The highest BCUT2D eigenvalue weighted by molar-refractivity contribution is 5.78. The number of aromatic amines is 2. The molecule has 2 saturated heterocycles. The number of carbonyl (C=O) groups excluding carboxylic acids is 1. The molecule has 3 atom stereocenters. The van der Waals surface area contributed by atoms with Crippen LogP contribution in [0.1, 0.15) is 108 Å². The van der Waals surface area contributed by atoms with Crippen LogP contribution in [0.2, 0.25) is 0 Å². The molecular weight excluding hydrogens is 560 g/mol. The summed E-state index contributed by atoms with van der Waals surface area (Å²) in [5, 5.41) is 0. The van der Waals surface area contributed by atoms with Crippen LogP contribution in [0.3, 0.4) is 0 Å². The minimum Gasteiger partial charge on any atom is -0.444 e. The fourth-order valence-electron chi connectivity index (χ4n) is 7.12. The molecule has 2 N–H and O–H groups in total. The summed E-state index contributed by atoms with van der Waals surface area (Å²) < 4.78 is 5.71. The molecule has 7 rings (SSSR count). The number of amides is 1. The molecule has 0 bridgehead atoms. The number of nitrogens with zero attached hydrogens (tertiary/aromatic N) is 4. The van der Waals surface area contributed by atoms with Crippen LogP contribution < -0.4 is 4.90 Å². The first-order chi connectivity index (χ1) is 21.4. The minimum absolute atomic E-state index is 0.0930. The molecule has 4 heterocycles. The molecule has 3 aromatic carbocycles. The summed E-state index contributed by atoms with van der Waals surface area (Å²) in [5.41, 5.74) is 8.65. The van der Waals surface area contributed by atoms with E-state index in [0.717, 1.165) is 53.6 Å². The number of hydrogen-bond donors (Lipinski definition) is 2. The third-order valence-electron chi connectivity index (χ3n) is 9.35. The van der Waals surface area contributed by atoms with Crippen LogP contribution in [0.4, 0.5) is 10.5 Å². The molecular formula is C37H44N6O2. The maximum atomic E-state index is 13.0. The van der Waals surface area contributed by atoms with Gasteiger partial charge in [0.1, 0.15) is 11.4 Å². The topological polar surface area (TPSA) is 90.1 Å². The number of carbonyl (C=O) groups is 1. The van der Waals surface area contributed by atoms with Gasteiger partial charge >= 0.3 is 6.09 Å². The van der Waals surface area contributed by atoms with Gasteiger partial charge in [-0.25, -0.2) is 14.8 Å². The SMILES string of the molecule is CC(C)(C)OC(=O)N1CCCC1c1nc2ccc(C3CCC(c4ccc5nc[nH]c5c4)N3c3ccc(C(C)(C)C)cc3)cc2[nH]1. The van der Waals surface area contributed by atoms with E-state index < -0.39 is 5.60 Å². The van der Waals surface area contributed by atoms with Crippen molar-refractivity contribution in [2.24, 2.45) is 0 Å². The van der Waals surface area contributed by atoms with Gasteiger partial charge in [-0.15, -0.1) is 0 Å². The molecule has 0 aliphatic carbocycles. The lowest BCUT2D eigenvalue weighted by Crippen LogP contribution is -2.36. The van der Waals surface area contributed by atoms with Gasteiger partial charge in [-0.3, -0.25) is 4.90 Å². The van der Waals surface area contributed by atoms with E-state index in [2.05, 4.69) is 101 Å². The van der Waals surface area contributed by atoms with Crippen molar-refractivity contribution >= 4 is 33.8 Å². The average molecular weight is 605 g/mol. The van der Waals surface area contributed by atoms with E-state index >= 15 is 0 Å². The lowest BCUT2D eigenvalue weighted by atomic mass is 9.87. The standard InChI is InChI=1S/C37H44N6O2/c1-36(2,3)25-11-13-26(14-12-25)43-31(23-9-15-27-29(20-23)39-22-38-27)17-18-32(43)24-10-16-28-30(21-24)41-34(40-28)33-8-7-19-42(33)35(44)45-37(4,5)6/h9-16,20-22,31-33H,7-8,17-19H2,1-6H3,(H,38,39)(H,40,41). The molecule has 1 amide bonds. The fourth-order valence-corrected chi connectivity index (χ4v) is 7.12. The van der Waals surface area contributed by atoms with E-state index in [1.54, 1.807) is 6.33 Å². The second-order valence-electron chi connectivity index (χ2n) is 14.7. The van der Waals surface area contributed by atoms with E-state index in [9.17, 15) is 4.79 Å². The van der Waals surface area contributed by atoms with Gasteiger partial charge in [0.15, 0.2) is 0 Å². The van der Waals surface area contributed by atoms with Gasteiger partial charge in [0, 0.05) is 12.2 Å². The Hall–Kier alpha value is -4.33. The molecule has 2 aromatic heterocycles. The summed E-state index contributed by atoms with van der Waals surface area (Å²) in [6.07, 6.45) is 5.38. The van der Waals surface area contributed by atoms with Gasteiger partial charge in [-0.05, 0) is 105 Å². The number of hydrogen-bond acceptors (Lipinski definition) is 5. The number of imidazole rings is 2. The molecule has 8 heteroatoms. The van der Waals surface area contributed by atoms with E-state index in [4.69, 9.17) is 9.72 Å². The van der Waals surface area contributed by atoms with Gasteiger partial charge in [0.2, 0.25) is 0 Å². The van der Waals surface area contributed by atoms with Crippen molar-refractivity contribution in [3.05, 3.63) is 89.5 Å². The zero-order valence-corrected chi connectivity index (χ0v) is 27.2. The summed E-state index contributed by atoms with van der Waals surface area (Å²) in [6.45, 7) is 13.2. The summed E-state index contributed by atoms with van der Waals surface area (Å²) >= 11 is 0. The Balaban J connectivity index is 1.23.